The molecule has 0 unspecified atom stereocenters. The number of amides is 1. The number of rotatable bonds is 9. The van der Waals surface area contributed by atoms with Crippen molar-refractivity contribution < 1.29 is 4.79 Å². The van der Waals surface area contributed by atoms with Crippen LogP contribution in [0.25, 0.3) is 16.6 Å². The zero-order valence-corrected chi connectivity index (χ0v) is 18.0. The Morgan fingerprint density at radius 1 is 1.10 bits per heavy atom. The smallest absolute Gasteiger partial charge is 0.265 e. The molecular formula is C24H30N4O2. The van der Waals surface area contributed by atoms with Gasteiger partial charge in [0.1, 0.15) is 6.33 Å². The Bertz CT molecular complexity index is 1090. The van der Waals surface area contributed by atoms with Crippen LogP contribution in [-0.2, 0) is 6.54 Å². The normalized spacial score (nSPS) is 11.0. The quantitative estimate of drug-likeness (QED) is 0.531. The molecule has 0 aliphatic rings. The molecule has 0 atom stereocenters. The van der Waals surface area contributed by atoms with Gasteiger partial charge in [-0.05, 0) is 62.2 Å². The summed E-state index contributed by atoms with van der Waals surface area (Å²) in [6.07, 6.45) is 5.11. The third-order valence-electron chi connectivity index (χ3n) is 5.18. The number of nitrogens with zero attached hydrogens (tertiary/aromatic N) is 2. The Kier molecular flexibility index (Phi) is 7.36. The van der Waals surface area contributed by atoms with Crippen LogP contribution in [0.4, 0.5) is 0 Å². The Morgan fingerprint density at radius 3 is 2.70 bits per heavy atom. The summed E-state index contributed by atoms with van der Waals surface area (Å²) in [5.41, 5.74) is 3.69. The van der Waals surface area contributed by atoms with Crippen molar-refractivity contribution in [2.24, 2.45) is 0 Å². The van der Waals surface area contributed by atoms with Crippen molar-refractivity contribution in [1.82, 2.24) is 20.2 Å². The molecule has 0 spiro atoms. The van der Waals surface area contributed by atoms with Gasteiger partial charge in [0.2, 0.25) is 0 Å². The summed E-state index contributed by atoms with van der Waals surface area (Å²) in [7, 11) is 0. The van der Waals surface area contributed by atoms with Crippen LogP contribution in [0.3, 0.4) is 0 Å². The van der Waals surface area contributed by atoms with Crippen LogP contribution < -0.4 is 16.2 Å². The molecular weight excluding hydrogens is 376 g/mol. The molecule has 1 heterocycles. The van der Waals surface area contributed by atoms with E-state index in [1.807, 2.05) is 38.1 Å². The molecule has 1 amide bonds. The van der Waals surface area contributed by atoms with E-state index >= 15 is 0 Å². The summed E-state index contributed by atoms with van der Waals surface area (Å²) >= 11 is 0. The number of aromatic nitrogens is 2. The van der Waals surface area contributed by atoms with E-state index in [2.05, 4.69) is 22.5 Å². The molecule has 0 saturated carbocycles. The fraction of sp³-hybridized carbons (Fsp3) is 0.375. The Balaban J connectivity index is 1.94. The van der Waals surface area contributed by atoms with Crippen LogP contribution in [0, 0.1) is 6.92 Å². The highest BCUT2D eigenvalue weighted by molar-refractivity contribution is 5.94. The van der Waals surface area contributed by atoms with Gasteiger partial charge in [0.05, 0.1) is 16.6 Å². The van der Waals surface area contributed by atoms with Crippen LogP contribution in [0.5, 0.6) is 0 Å². The van der Waals surface area contributed by atoms with Crippen LogP contribution >= 0.6 is 0 Å². The van der Waals surface area contributed by atoms with Crippen molar-refractivity contribution in [1.29, 1.82) is 0 Å². The first-order chi connectivity index (χ1) is 14.5. The minimum absolute atomic E-state index is 0.135. The van der Waals surface area contributed by atoms with E-state index in [-0.39, 0.29) is 11.5 Å². The van der Waals surface area contributed by atoms with Crippen molar-refractivity contribution in [3.05, 3.63) is 69.8 Å². The van der Waals surface area contributed by atoms with Crippen LogP contribution in [0.1, 0.15) is 54.6 Å². The van der Waals surface area contributed by atoms with E-state index in [4.69, 9.17) is 0 Å². The monoisotopic (exact) mass is 406 g/mol. The van der Waals surface area contributed by atoms with Crippen LogP contribution in [0.2, 0.25) is 0 Å². The summed E-state index contributed by atoms with van der Waals surface area (Å²) in [4.78, 5) is 30.0. The van der Waals surface area contributed by atoms with Gasteiger partial charge in [0, 0.05) is 18.7 Å². The van der Waals surface area contributed by atoms with Crippen molar-refractivity contribution in [3.63, 3.8) is 0 Å². The number of carbonyl (C=O) groups is 1. The van der Waals surface area contributed by atoms with Gasteiger partial charge in [-0.1, -0.05) is 31.9 Å². The molecule has 30 heavy (non-hydrogen) atoms. The summed E-state index contributed by atoms with van der Waals surface area (Å²) < 4.78 is 1.53. The topological polar surface area (TPSA) is 76.0 Å². The van der Waals surface area contributed by atoms with E-state index in [9.17, 15) is 9.59 Å². The molecule has 2 N–H and O–H groups in total. The third-order valence-corrected chi connectivity index (χ3v) is 5.18. The minimum Gasteiger partial charge on any atom is -0.352 e. The first-order valence-electron chi connectivity index (χ1n) is 10.6. The number of fused-ring (bicyclic) bond motifs is 1. The first kappa shape index (κ1) is 21.7. The van der Waals surface area contributed by atoms with Crippen molar-refractivity contribution in [3.8, 4) is 5.69 Å². The molecule has 6 nitrogen and oxygen atoms in total. The molecule has 0 saturated heterocycles. The summed E-state index contributed by atoms with van der Waals surface area (Å²) in [5, 5.41) is 6.81. The van der Waals surface area contributed by atoms with Gasteiger partial charge >= 0.3 is 0 Å². The first-order valence-corrected chi connectivity index (χ1v) is 10.6. The molecule has 1 aromatic heterocycles. The lowest BCUT2D eigenvalue weighted by atomic mass is 10.1. The van der Waals surface area contributed by atoms with Gasteiger partial charge in [-0.25, -0.2) is 4.98 Å². The molecule has 3 aromatic rings. The Labute approximate surface area is 177 Å². The van der Waals surface area contributed by atoms with Gasteiger partial charge in [-0.2, -0.15) is 0 Å². The fourth-order valence-electron chi connectivity index (χ4n) is 3.46. The zero-order chi connectivity index (χ0) is 21.5. The summed E-state index contributed by atoms with van der Waals surface area (Å²) in [6.45, 7) is 8.23. The second kappa shape index (κ2) is 10.2. The Hall–Kier alpha value is -2.99. The molecule has 0 aliphatic carbocycles. The number of unbranched alkanes of at least 4 members (excludes halogenated alkanes) is 2. The number of hydrogen-bond acceptors (Lipinski definition) is 4. The SMILES string of the molecule is CCCCCNCc1ccc2ncn(-c3cc(C(=O)NCC)ccc3C)c(=O)c2c1. The lowest BCUT2D eigenvalue weighted by Gasteiger charge is -2.12. The average Bonchev–Trinajstić information content (AvgIpc) is 2.75. The maximum absolute atomic E-state index is 13.3. The maximum Gasteiger partial charge on any atom is 0.265 e. The number of hydrogen-bond donors (Lipinski definition) is 2. The second-order valence-electron chi connectivity index (χ2n) is 7.52. The highest BCUT2D eigenvalue weighted by Crippen LogP contribution is 2.17. The molecule has 2 aromatic carbocycles. The van der Waals surface area contributed by atoms with Crippen LogP contribution in [0.15, 0.2) is 47.5 Å². The number of aryl methyl sites for hydroxylation is 1. The zero-order valence-electron chi connectivity index (χ0n) is 18.0. The van der Waals surface area contributed by atoms with E-state index in [1.165, 1.54) is 23.7 Å². The van der Waals surface area contributed by atoms with E-state index in [1.54, 1.807) is 12.1 Å². The standard InChI is InChI=1S/C24H30N4O2/c1-4-6-7-12-25-15-18-9-11-21-20(13-18)24(30)28(16-27-21)22-14-19(10-8-17(22)3)23(29)26-5-2/h8-11,13-14,16,25H,4-7,12,15H2,1-3H3,(H,26,29). The number of benzene rings is 2. The van der Waals surface area contributed by atoms with Gasteiger partial charge in [-0.15, -0.1) is 0 Å². The van der Waals surface area contributed by atoms with Crippen LogP contribution in [-0.4, -0.2) is 28.5 Å². The van der Waals surface area contributed by atoms with Crippen molar-refractivity contribution >= 4 is 16.8 Å². The van der Waals surface area contributed by atoms with Gasteiger partial charge in [0.25, 0.3) is 11.5 Å². The lowest BCUT2D eigenvalue weighted by Crippen LogP contribution is -2.24. The predicted molar refractivity (Wildman–Crippen MR) is 121 cm³/mol. The fourth-order valence-corrected chi connectivity index (χ4v) is 3.46. The lowest BCUT2D eigenvalue weighted by molar-refractivity contribution is 0.0956. The van der Waals surface area contributed by atoms with Gasteiger partial charge in [-0.3, -0.25) is 14.2 Å². The van der Waals surface area contributed by atoms with E-state index in [0.717, 1.165) is 30.6 Å². The number of nitrogens with one attached hydrogen (secondary N) is 2. The summed E-state index contributed by atoms with van der Waals surface area (Å²) in [6, 6.07) is 11.2. The Morgan fingerprint density at radius 2 is 1.93 bits per heavy atom. The van der Waals surface area contributed by atoms with Gasteiger partial charge in [0.15, 0.2) is 0 Å². The second-order valence-corrected chi connectivity index (χ2v) is 7.52. The highest BCUT2D eigenvalue weighted by atomic mass is 16.1. The number of carbonyl (C=O) groups excluding carboxylic acids is 1. The predicted octanol–water partition coefficient (Wildman–Crippen LogP) is 3.72. The van der Waals surface area contributed by atoms with Crippen molar-refractivity contribution in [2.75, 3.05) is 13.1 Å². The van der Waals surface area contributed by atoms with Crippen molar-refractivity contribution in [2.45, 2.75) is 46.6 Å². The molecule has 0 aliphatic heterocycles. The van der Waals surface area contributed by atoms with E-state index in [0.29, 0.717) is 28.7 Å². The largest absolute Gasteiger partial charge is 0.352 e. The minimum atomic E-state index is -0.156. The third kappa shape index (κ3) is 4.94. The molecule has 6 heteroatoms. The molecule has 0 radical (unpaired) electrons. The molecule has 0 bridgehead atoms. The highest BCUT2D eigenvalue weighted by Gasteiger charge is 2.12. The van der Waals surface area contributed by atoms with Gasteiger partial charge < -0.3 is 10.6 Å². The maximum atomic E-state index is 13.3. The molecule has 0 fully saturated rings. The average molecular weight is 407 g/mol. The molecule has 3 rings (SSSR count). The summed E-state index contributed by atoms with van der Waals surface area (Å²) in [5.74, 6) is -0.156. The van der Waals surface area contributed by atoms with E-state index < -0.39 is 0 Å². The molecule has 158 valence electrons.